The molecule has 0 saturated heterocycles. The van der Waals surface area contributed by atoms with Gasteiger partial charge in [-0.25, -0.2) is 0 Å². The highest BCUT2D eigenvalue weighted by Crippen LogP contribution is 2.19. The van der Waals surface area contributed by atoms with E-state index in [1.54, 1.807) is 12.3 Å². The minimum atomic E-state index is -0.196. The van der Waals surface area contributed by atoms with Crippen LogP contribution in [0.1, 0.15) is 28.8 Å². The highest BCUT2D eigenvalue weighted by atomic mass is 16.2. The normalized spacial score (nSPS) is 13.8. The number of carbonyl (C=O) groups excluding carboxylic acids is 1. The molecule has 4 nitrogen and oxygen atoms in total. The summed E-state index contributed by atoms with van der Waals surface area (Å²) in [6.45, 7) is -0.196. The summed E-state index contributed by atoms with van der Waals surface area (Å²) in [7, 11) is 0. The van der Waals surface area contributed by atoms with E-state index >= 15 is 0 Å². The monoisotopic (exact) mass is 216 g/mol. The Balaban J connectivity index is 2.10. The van der Waals surface area contributed by atoms with Crippen LogP contribution < -0.4 is 5.32 Å². The highest BCUT2D eigenvalue weighted by Gasteiger charge is 2.23. The Hall–Kier alpha value is -1.86. The van der Waals surface area contributed by atoms with E-state index < -0.39 is 0 Å². The van der Waals surface area contributed by atoms with Crippen molar-refractivity contribution < 1.29 is 9.90 Å². The zero-order valence-corrected chi connectivity index (χ0v) is 8.73. The lowest BCUT2D eigenvalue weighted by Gasteiger charge is -2.02. The summed E-state index contributed by atoms with van der Waals surface area (Å²) in [4.78, 5) is 15.6. The van der Waals surface area contributed by atoms with E-state index in [9.17, 15) is 4.79 Å². The molecule has 82 valence electrons. The van der Waals surface area contributed by atoms with Gasteiger partial charge >= 0.3 is 0 Å². The van der Waals surface area contributed by atoms with Crippen LogP contribution in [0.15, 0.2) is 18.5 Å². The highest BCUT2D eigenvalue weighted by molar-refractivity contribution is 5.94. The molecule has 2 N–H and O–H groups in total. The maximum atomic E-state index is 11.7. The number of aliphatic hydroxyl groups excluding tert-OH is 1. The number of nitrogens with one attached hydrogen (secondary N) is 1. The lowest BCUT2D eigenvalue weighted by Crippen LogP contribution is -2.25. The predicted octanol–water partition coefficient (Wildman–Crippen LogP) is 0.318. The molecule has 1 saturated carbocycles. The smallest absolute Gasteiger partial charge is 0.253 e. The molecule has 1 amide bonds. The molecule has 2 rings (SSSR count). The lowest BCUT2D eigenvalue weighted by molar-refractivity contribution is 0.0950. The van der Waals surface area contributed by atoms with Crippen LogP contribution in [-0.4, -0.2) is 28.6 Å². The molecule has 0 unspecified atom stereocenters. The van der Waals surface area contributed by atoms with Gasteiger partial charge in [0.15, 0.2) is 0 Å². The summed E-state index contributed by atoms with van der Waals surface area (Å²) in [5, 5.41) is 11.4. The zero-order chi connectivity index (χ0) is 11.4. The average Bonchev–Trinajstić information content (AvgIpc) is 3.10. The molecular weight excluding hydrogens is 204 g/mol. The van der Waals surface area contributed by atoms with Gasteiger partial charge < -0.3 is 10.4 Å². The van der Waals surface area contributed by atoms with Gasteiger partial charge in [-0.2, -0.15) is 0 Å². The van der Waals surface area contributed by atoms with Crippen molar-refractivity contribution in [2.45, 2.75) is 18.9 Å². The topological polar surface area (TPSA) is 62.2 Å². The number of aromatic nitrogens is 1. The van der Waals surface area contributed by atoms with Crippen LogP contribution in [0.25, 0.3) is 0 Å². The Morgan fingerprint density at radius 3 is 3.06 bits per heavy atom. The van der Waals surface area contributed by atoms with E-state index in [2.05, 4.69) is 22.1 Å². The molecule has 0 aliphatic heterocycles. The fraction of sp³-hybridized carbons (Fsp3) is 0.333. The Kier molecular flexibility index (Phi) is 3.18. The Bertz CT molecular complexity index is 456. The van der Waals surface area contributed by atoms with Gasteiger partial charge in [-0.1, -0.05) is 11.8 Å². The molecule has 1 aliphatic rings. The fourth-order valence-electron chi connectivity index (χ4n) is 1.27. The van der Waals surface area contributed by atoms with Crippen molar-refractivity contribution in [2.75, 3.05) is 6.61 Å². The molecule has 4 heteroatoms. The fourth-order valence-corrected chi connectivity index (χ4v) is 1.27. The summed E-state index contributed by atoms with van der Waals surface area (Å²) in [5.74, 6) is 5.13. The van der Waals surface area contributed by atoms with Crippen molar-refractivity contribution in [3.8, 4) is 11.8 Å². The van der Waals surface area contributed by atoms with Crippen LogP contribution in [0.4, 0.5) is 0 Å². The number of hydrogen-bond donors (Lipinski definition) is 2. The van der Waals surface area contributed by atoms with Crippen molar-refractivity contribution in [3.63, 3.8) is 0 Å². The van der Waals surface area contributed by atoms with Crippen molar-refractivity contribution in [1.29, 1.82) is 0 Å². The molecule has 16 heavy (non-hydrogen) atoms. The predicted molar refractivity (Wildman–Crippen MR) is 58.7 cm³/mol. The molecule has 0 spiro atoms. The third kappa shape index (κ3) is 2.81. The Morgan fingerprint density at radius 2 is 2.38 bits per heavy atom. The van der Waals surface area contributed by atoms with Gasteiger partial charge in [0.05, 0.1) is 5.56 Å². The summed E-state index contributed by atoms with van der Waals surface area (Å²) in [5.41, 5.74) is 1.15. The van der Waals surface area contributed by atoms with Gasteiger partial charge in [-0.3, -0.25) is 9.78 Å². The number of amides is 1. The van der Waals surface area contributed by atoms with Gasteiger partial charge in [-0.05, 0) is 18.9 Å². The van der Waals surface area contributed by atoms with Crippen LogP contribution in [0.5, 0.6) is 0 Å². The van der Waals surface area contributed by atoms with Gasteiger partial charge in [0, 0.05) is 24.0 Å². The van der Waals surface area contributed by atoms with Crippen LogP contribution in [-0.2, 0) is 0 Å². The van der Waals surface area contributed by atoms with Gasteiger partial charge in [0.2, 0.25) is 0 Å². The van der Waals surface area contributed by atoms with Crippen LogP contribution >= 0.6 is 0 Å². The summed E-state index contributed by atoms with van der Waals surface area (Å²) in [6, 6.07) is 2.01. The number of rotatable bonds is 2. The van der Waals surface area contributed by atoms with E-state index in [-0.39, 0.29) is 12.5 Å². The quantitative estimate of drug-likeness (QED) is 0.700. The molecule has 1 heterocycles. The van der Waals surface area contributed by atoms with Crippen molar-refractivity contribution in [2.24, 2.45) is 0 Å². The largest absolute Gasteiger partial charge is 0.384 e. The second-order valence-corrected chi connectivity index (χ2v) is 3.67. The first kappa shape index (κ1) is 10.7. The first-order valence-corrected chi connectivity index (χ1v) is 5.15. The average molecular weight is 216 g/mol. The van der Waals surface area contributed by atoms with E-state index in [4.69, 9.17) is 5.11 Å². The van der Waals surface area contributed by atoms with Crippen LogP contribution in [0, 0.1) is 11.8 Å². The van der Waals surface area contributed by atoms with Crippen LogP contribution in [0.3, 0.4) is 0 Å². The SMILES string of the molecule is O=C(NC1CC1)c1cncc(C#CCO)c1. The number of hydrogen-bond acceptors (Lipinski definition) is 3. The summed E-state index contributed by atoms with van der Waals surface area (Å²) < 4.78 is 0. The van der Waals surface area contributed by atoms with Crippen molar-refractivity contribution >= 4 is 5.91 Å². The Labute approximate surface area is 93.7 Å². The Morgan fingerprint density at radius 1 is 1.56 bits per heavy atom. The second-order valence-electron chi connectivity index (χ2n) is 3.67. The number of nitrogens with zero attached hydrogens (tertiary/aromatic N) is 1. The third-order valence-electron chi connectivity index (χ3n) is 2.22. The van der Waals surface area contributed by atoms with Gasteiger partial charge in [0.25, 0.3) is 5.91 Å². The van der Waals surface area contributed by atoms with Crippen LogP contribution in [0.2, 0.25) is 0 Å². The molecule has 0 radical (unpaired) electrons. The van der Waals surface area contributed by atoms with Crippen molar-refractivity contribution in [3.05, 3.63) is 29.6 Å². The minimum absolute atomic E-state index is 0.109. The maximum Gasteiger partial charge on any atom is 0.253 e. The number of aliphatic hydroxyl groups is 1. The van der Waals surface area contributed by atoms with E-state index in [0.29, 0.717) is 17.2 Å². The van der Waals surface area contributed by atoms with Crippen molar-refractivity contribution in [1.82, 2.24) is 10.3 Å². The number of pyridine rings is 1. The van der Waals surface area contributed by atoms with E-state index in [1.807, 2.05) is 0 Å². The first-order valence-electron chi connectivity index (χ1n) is 5.15. The van der Waals surface area contributed by atoms with E-state index in [0.717, 1.165) is 12.8 Å². The maximum absolute atomic E-state index is 11.7. The minimum Gasteiger partial charge on any atom is -0.384 e. The third-order valence-corrected chi connectivity index (χ3v) is 2.22. The van der Waals surface area contributed by atoms with E-state index in [1.165, 1.54) is 6.20 Å². The van der Waals surface area contributed by atoms with Gasteiger partial charge in [0.1, 0.15) is 6.61 Å². The van der Waals surface area contributed by atoms with Gasteiger partial charge in [-0.15, -0.1) is 0 Å². The molecular formula is C12H12N2O2. The molecule has 1 aromatic rings. The standard InChI is InChI=1S/C12H12N2O2/c15-5-1-2-9-6-10(8-13-7-9)12(16)14-11-3-4-11/h6-8,11,15H,3-5H2,(H,14,16). The molecule has 1 aliphatic carbocycles. The molecule has 1 aromatic heterocycles. The lowest BCUT2D eigenvalue weighted by atomic mass is 10.2. The number of carbonyl (C=O) groups is 1. The summed E-state index contributed by atoms with van der Waals surface area (Å²) in [6.07, 6.45) is 5.20. The zero-order valence-electron chi connectivity index (χ0n) is 8.73. The molecule has 0 aromatic carbocycles. The molecule has 1 fully saturated rings. The molecule has 0 atom stereocenters. The second kappa shape index (κ2) is 4.77. The first-order chi connectivity index (χ1) is 7.79. The molecule has 0 bridgehead atoms. The summed E-state index contributed by atoms with van der Waals surface area (Å²) >= 11 is 0.